The molecule has 0 bridgehead atoms. The van der Waals surface area contributed by atoms with E-state index >= 15 is 0 Å². The molecule has 196 valence electrons. The van der Waals surface area contributed by atoms with E-state index in [4.69, 9.17) is 25.5 Å². The van der Waals surface area contributed by atoms with Crippen LogP contribution < -0.4 is 0 Å². The molecule has 0 saturated heterocycles. The number of hydrogen-bond donors (Lipinski definition) is 5. The van der Waals surface area contributed by atoms with Gasteiger partial charge < -0.3 is 25.5 Å². The highest BCUT2D eigenvalue weighted by Crippen LogP contribution is 2.14. The van der Waals surface area contributed by atoms with Gasteiger partial charge in [0, 0.05) is 6.08 Å². The minimum Gasteiger partial charge on any atom is -0.478 e. The van der Waals surface area contributed by atoms with Gasteiger partial charge in [0.1, 0.15) is 0 Å². The summed E-state index contributed by atoms with van der Waals surface area (Å²) in [6, 6.07) is 0. The van der Waals surface area contributed by atoms with E-state index in [0.717, 1.165) is 6.42 Å². The lowest BCUT2D eigenvalue weighted by atomic mass is 9.93. The maximum atomic E-state index is 10.3. The van der Waals surface area contributed by atoms with E-state index in [1.807, 2.05) is 6.08 Å². The second-order valence-electron chi connectivity index (χ2n) is 9.00. The number of carbonyl (C=O) groups is 1. The van der Waals surface area contributed by atoms with Crippen LogP contribution >= 0.6 is 0 Å². The first-order chi connectivity index (χ1) is 16.0. The van der Waals surface area contributed by atoms with E-state index in [-0.39, 0.29) is 0 Å². The molecule has 0 radical (unpaired) electrons. The molecule has 0 aliphatic rings. The number of allylic oxidation sites excluding steroid dienone is 3. The Labute approximate surface area is 202 Å². The molecule has 0 heterocycles. The molecule has 0 unspecified atom stereocenters. The molecule has 0 aliphatic carbocycles. The second-order valence-corrected chi connectivity index (χ2v) is 9.00. The Bertz CT molecular complexity index is 440. The zero-order valence-electron chi connectivity index (χ0n) is 21.1. The largest absolute Gasteiger partial charge is 0.478 e. The predicted octanol–water partition coefficient (Wildman–Crippen LogP) is 5.39. The van der Waals surface area contributed by atoms with Gasteiger partial charge in [0.15, 0.2) is 0 Å². The molecule has 0 aromatic rings. The Kier molecular flexibility index (Phi) is 27.8. The van der Waals surface area contributed by atoms with E-state index in [1.54, 1.807) is 6.08 Å². The number of unbranched alkanes of at least 4 members (excludes halogenated alkanes) is 15. The molecule has 0 aliphatic heterocycles. The van der Waals surface area contributed by atoms with Crippen molar-refractivity contribution < 1.29 is 30.3 Å². The molecule has 0 aromatic heterocycles. The number of aliphatic carboxylic acids is 1. The summed E-state index contributed by atoms with van der Waals surface area (Å²) < 4.78 is 0. The van der Waals surface area contributed by atoms with E-state index in [9.17, 15) is 4.79 Å². The Morgan fingerprint density at radius 2 is 0.970 bits per heavy atom. The number of hydrogen-bond acceptors (Lipinski definition) is 5. The van der Waals surface area contributed by atoms with Gasteiger partial charge in [-0.05, 0) is 12.8 Å². The highest BCUT2D eigenvalue weighted by Gasteiger charge is 2.26. The van der Waals surface area contributed by atoms with Crippen molar-refractivity contribution in [3.05, 3.63) is 24.3 Å². The van der Waals surface area contributed by atoms with Crippen molar-refractivity contribution in [1.82, 2.24) is 0 Å². The summed E-state index contributed by atoms with van der Waals surface area (Å²) in [7, 11) is 0. The van der Waals surface area contributed by atoms with Gasteiger partial charge >= 0.3 is 5.97 Å². The second kappa shape index (κ2) is 27.0. The lowest BCUT2D eigenvalue weighted by Gasteiger charge is -2.23. The van der Waals surface area contributed by atoms with Crippen LogP contribution in [0.25, 0.3) is 0 Å². The van der Waals surface area contributed by atoms with Gasteiger partial charge in [-0.2, -0.15) is 0 Å². The van der Waals surface area contributed by atoms with Crippen LogP contribution in [-0.4, -0.2) is 57.9 Å². The zero-order chi connectivity index (χ0) is 25.0. The standard InChI is InChI=1S/C22H40O2.C5H12O4/c1-2-3-4-5-6-7-8-9-10-11-12-13-14-15-16-17-18-19-20-21-22(23)24;6-1-5(2-7,3-8)4-9/h18-21H,2-17H2,1H3,(H,23,24);6-9H,1-4H2. The molecule has 0 fully saturated rings. The normalized spacial score (nSPS) is 11.8. The summed E-state index contributed by atoms with van der Waals surface area (Å²) in [6.07, 6.45) is 28.6. The van der Waals surface area contributed by atoms with Crippen molar-refractivity contribution >= 4 is 5.97 Å². The summed E-state index contributed by atoms with van der Waals surface area (Å²) in [4.78, 5) is 10.3. The van der Waals surface area contributed by atoms with Crippen molar-refractivity contribution in [2.24, 2.45) is 5.41 Å². The summed E-state index contributed by atoms with van der Waals surface area (Å²) in [5, 5.41) is 42.4. The minimum atomic E-state index is -1.11. The molecule has 0 aromatic carbocycles. The molecule has 0 amide bonds. The fourth-order valence-corrected chi connectivity index (χ4v) is 3.25. The van der Waals surface area contributed by atoms with Crippen molar-refractivity contribution in [1.29, 1.82) is 0 Å². The van der Waals surface area contributed by atoms with Crippen LogP contribution in [0.4, 0.5) is 0 Å². The van der Waals surface area contributed by atoms with Crippen LogP contribution in [0.1, 0.15) is 110 Å². The molecule has 33 heavy (non-hydrogen) atoms. The Morgan fingerprint density at radius 1 is 0.606 bits per heavy atom. The molecule has 6 heteroatoms. The maximum absolute atomic E-state index is 10.3. The number of aliphatic hydroxyl groups is 4. The predicted molar refractivity (Wildman–Crippen MR) is 136 cm³/mol. The third-order valence-electron chi connectivity index (χ3n) is 5.80. The van der Waals surface area contributed by atoms with Crippen LogP contribution in [0, 0.1) is 5.41 Å². The topological polar surface area (TPSA) is 118 Å². The molecule has 0 rings (SSSR count). The highest BCUT2D eigenvalue weighted by molar-refractivity contribution is 5.80. The Hall–Kier alpha value is -1.21. The van der Waals surface area contributed by atoms with Gasteiger partial charge in [0.25, 0.3) is 0 Å². The number of carboxylic acid groups (broad SMARTS) is 1. The SMILES string of the molecule is CCCCCCCCCCCCCCCCCC=CC=CC(=O)O.OCC(CO)(CO)CO. The van der Waals surface area contributed by atoms with Crippen LogP contribution in [0.5, 0.6) is 0 Å². The van der Waals surface area contributed by atoms with E-state index < -0.39 is 37.8 Å². The monoisotopic (exact) mass is 472 g/mol. The lowest BCUT2D eigenvalue weighted by Crippen LogP contribution is -2.37. The van der Waals surface area contributed by atoms with Crippen molar-refractivity contribution in [3.8, 4) is 0 Å². The summed E-state index contributed by atoms with van der Waals surface area (Å²) in [5.74, 6) is -0.883. The van der Waals surface area contributed by atoms with E-state index in [2.05, 4.69) is 13.0 Å². The first kappa shape index (κ1) is 34.0. The average Bonchev–Trinajstić information content (AvgIpc) is 2.82. The first-order valence-electron chi connectivity index (χ1n) is 13.0. The van der Waals surface area contributed by atoms with Crippen molar-refractivity contribution in [2.45, 2.75) is 110 Å². The molecule has 6 nitrogen and oxygen atoms in total. The summed E-state index contributed by atoms with van der Waals surface area (Å²) in [6.45, 7) is 0.653. The average molecular weight is 473 g/mol. The van der Waals surface area contributed by atoms with Crippen LogP contribution in [0.2, 0.25) is 0 Å². The first-order valence-corrected chi connectivity index (χ1v) is 13.0. The quantitative estimate of drug-likeness (QED) is 0.0819. The molecule has 0 spiro atoms. The number of carboxylic acids is 1. The number of aliphatic hydroxyl groups excluding tert-OH is 4. The van der Waals surface area contributed by atoms with Crippen LogP contribution in [0.3, 0.4) is 0 Å². The molecule has 0 saturated carbocycles. The molecular formula is C27H52O6. The fourth-order valence-electron chi connectivity index (χ4n) is 3.25. The molecule has 5 N–H and O–H groups in total. The molecular weight excluding hydrogens is 420 g/mol. The third kappa shape index (κ3) is 25.3. The van der Waals surface area contributed by atoms with E-state index in [0.29, 0.717) is 0 Å². The number of rotatable bonds is 22. The minimum absolute atomic E-state index is 0.406. The highest BCUT2D eigenvalue weighted by atomic mass is 16.4. The third-order valence-corrected chi connectivity index (χ3v) is 5.80. The van der Waals surface area contributed by atoms with Gasteiger partial charge in [0.05, 0.1) is 31.8 Å². The van der Waals surface area contributed by atoms with Gasteiger partial charge in [-0.3, -0.25) is 0 Å². The van der Waals surface area contributed by atoms with E-state index in [1.165, 1.54) is 102 Å². The Morgan fingerprint density at radius 3 is 1.27 bits per heavy atom. The van der Waals surface area contributed by atoms with Gasteiger partial charge in [-0.25, -0.2) is 4.79 Å². The summed E-state index contributed by atoms with van der Waals surface area (Å²) in [5.41, 5.74) is -1.11. The summed E-state index contributed by atoms with van der Waals surface area (Å²) >= 11 is 0. The van der Waals surface area contributed by atoms with Gasteiger partial charge in [0.2, 0.25) is 0 Å². The van der Waals surface area contributed by atoms with Crippen LogP contribution in [-0.2, 0) is 4.79 Å². The van der Waals surface area contributed by atoms with Crippen LogP contribution in [0.15, 0.2) is 24.3 Å². The lowest BCUT2D eigenvalue weighted by molar-refractivity contribution is -0.131. The van der Waals surface area contributed by atoms with Crippen molar-refractivity contribution in [3.63, 3.8) is 0 Å². The van der Waals surface area contributed by atoms with Gasteiger partial charge in [-0.15, -0.1) is 0 Å². The van der Waals surface area contributed by atoms with Crippen molar-refractivity contribution in [2.75, 3.05) is 26.4 Å². The Balaban J connectivity index is 0. The smallest absolute Gasteiger partial charge is 0.328 e. The fraction of sp³-hybridized carbons (Fsp3) is 0.815. The van der Waals surface area contributed by atoms with Gasteiger partial charge in [-0.1, -0.05) is 115 Å². The molecule has 0 atom stereocenters. The maximum Gasteiger partial charge on any atom is 0.328 e. The zero-order valence-corrected chi connectivity index (χ0v) is 21.1.